The molecule has 1 aliphatic rings. The Morgan fingerprint density at radius 2 is 1.96 bits per heavy atom. The quantitative estimate of drug-likeness (QED) is 0.703. The predicted molar refractivity (Wildman–Crippen MR) is 106 cm³/mol. The average Bonchev–Trinajstić information content (AvgIpc) is 2.66. The maximum Gasteiger partial charge on any atom is 0.337 e. The van der Waals surface area contributed by atoms with Gasteiger partial charge in [-0.15, -0.1) is 0 Å². The molecule has 8 heteroatoms. The number of urea groups is 1. The van der Waals surface area contributed by atoms with Gasteiger partial charge in [-0.25, -0.2) is 9.59 Å². The van der Waals surface area contributed by atoms with Gasteiger partial charge in [-0.1, -0.05) is 41.4 Å². The molecule has 146 valence electrons. The first-order chi connectivity index (χ1) is 13.4. The monoisotopic (exact) mass is 420 g/mol. The molecule has 0 bridgehead atoms. The number of ether oxygens (including phenoxy) is 2. The van der Waals surface area contributed by atoms with Crippen LogP contribution in [0, 0.1) is 0 Å². The molecule has 0 saturated heterocycles. The standard InChI is InChI=1S/C20H18Cl2N2O4/c1-11-17(19(25)27-2)18(24-20(26)23-11)12-4-3-5-15(8-12)28-10-13-6-7-14(21)9-16(13)22/h3-9,18H,10H2,1-2H3,(H2,23,24,26). The van der Waals surface area contributed by atoms with Crippen molar-refractivity contribution in [2.45, 2.75) is 19.6 Å². The normalized spacial score (nSPS) is 16.3. The van der Waals surface area contributed by atoms with Gasteiger partial charge < -0.3 is 20.1 Å². The third kappa shape index (κ3) is 4.40. The van der Waals surface area contributed by atoms with E-state index in [0.29, 0.717) is 32.6 Å². The number of carbonyl (C=O) groups is 2. The second-order valence-electron chi connectivity index (χ2n) is 6.16. The number of rotatable bonds is 5. The summed E-state index contributed by atoms with van der Waals surface area (Å²) < 4.78 is 10.7. The number of benzene rings is 2. The van der Waals surface area contributed by atoms with Crippen LogP contribution in [0.3, 0.4) is 0 Å². The van der Waals surface area contributed by atoms with E-state index in [-0.39, 0.29) is 6.61 Å². The highest BCUT2D eigenvalue weighted by Gasteiger charge is 2.31. The van der Waals surface area contributed by atoms with Crippen LogP contribution in [0.4, 0.5) is 4.79 Å². The number of halogens is 2. The molecule has 1 aliphatic heterocycles. The van der Waals surface area contributed by atoms with E-state index in [4.69, 9.17) is 32.7 Å². The molecule has 2 amide bonds. The fourth-order valence-electron chi connectivity index (χ4n) is 2.91. The second-order valence-corrected chi connectivity index (χ2v) is 7.00. The van der Waals surface area contributed by atoms with Gasteiger partial charge in [0.15, 0.2) is 0 Å². The van der Waals surface area contributed by atoms with Crippen molar-refractivity contribution in [2.24, 2.45) is 0 Å². The van der Waals surface area contributed by atoms with Gasteiger partial charge in [0.2, 0.25) is 0 Å². The molecule has 2 N–H and O–H groups in total. The number of allylic oxidation sites excluding steroid dienone is 1. The molecule has 1 heterocycles. The molecule has 3 rings (SSSR count). The molecular weight excluding hydrogens is 403 g/mol. The molecule has 0 saturated carbocycles. The molecule has 28 heavy (non-hydrogen) atoms. The lowest BCUT2D eigenvalue weighted by atomic mass is 9.95. The highest BCUT2D eigenvalue weighted by atomic mass is 35.5. The minimum absolute atomic E-state index is 0.247. The number of hydrogen-bond acceptors (Lipinski definition) is 4. The zero-order valence-electron chi connectivity index (χ0n) is 15.2. The van der Waals surface area contributed by atoms with Crippen LogP contribution in [-0.2, 0) is 16.1 Å². The first kappa shape index (κ1) is 20.0. The summed E-state index contributed by atoms with van der Waals surface area (Å²) in [4.78, 5) is 24.1. The lowest BCUT2D eigenvalue weighted by molar-refractivity contribution is -0.136. The number of carbonyl (C=O) groups excluding carboxylic acids is 2. The molecule has 0 aromatic heterocycles. The van der Waals surface area contributed by atoms with Gasteiger partial charge in [-0.05, 0) is 36.8 Å². The van der Waals surface area contributed by atoms with E-state index in [1.165, 1.54) is 7.11 Å². The Labute approximate surface area is 172 Å². The number of hydrogen-bond donors (Lipinski definition) is 2. The van der Waals surface area contributed by atoms with Crippen LogP contribution in [0.25, 0.3) is 0 Å². The number of nitrogens with one attached hydrogen (secondary N) is 2. The summed E-state index contributed by atoms with van der Waals surface area (Å²) in [5.74, 6) is 0.0486. The van der Waals surface area contributed by atoms with Crippen molar-refractivity contribution in [2.75, 3.05) is 7.11 Å². The SMILES string of the molecule is COC(=O)C1=C(C)NC(=O)NC1c1cccc(OCc2ccc(Cl)cc2Cl)c1. The minimum atomic E-state index is -0.649. The predicted octanol–water partition coefficient (Wildman–Crippen LogP) is 4.37. The van der Waals surface area contributed by atoms with Crippen LogP contribution in [0.5, 0.6) is 5.75 Å². The Balaban J connectivity index is 1.84. The Morgan fingerprint density at radius 1 is 1.18 bits per heavy atom. The van der Waals surface area contributed by atoms with Gasteiger partial charge in [-0.2, -0.15) is 0 Å². The van der Waals surface area contributed by atoms with Gasteiger partial charge in [0.25, 0.3) is 0 Å². The van der Waals surface area contributed by atoms with Gasteiger partial charge in [0.05, 0.1) is 18.7 Å². The van der Waals surface area contributed by atoms with Crippen molar-refractivity contribution in [3.8, 4) is 5.75 Å². The molecule has 2 aromatic rings. The Kier molecular flexibility index (Phi) is 6.11. The summed E-state index contributed by atoms with van der Waals surface area (Å²) in [6.45, 7) is 1.90. The fraction of sp³-hybridized carbons (Fsp3) is 0.200. The fourth-order valence-corrected chi connectivity index (χ4v) is 3.37. The first-order valence-electron chi connectivity index (χ1n) is 8.42. The first-order valence-corrected chi connectivity index (χ1v) is 9.18. The lowest BCUT2D eigenvalue weighted by Crippen LogP contribution is -2.45. The summed E-state index contributed by atoms with van der Waals surface area (Å²) in [5, 5.41) is 6.40. The summed E-state index contributed by atoms with van der Waals surface area (Å²) in [7, 11) is 1.30. The Morgan fingerprint density at radius 3 is 2.68 bits per heavy atom. The van der Waals surface area contributed by atoms with Crippen LogP contribution < -0.4 is 15.4 Å². The zero-order valence-corrected chi connectivity index (χ0v) is 16.7. The van der Waals surface area contributed by atoms with Crippen molar-refractivity contribution in [3.05, 3.63) is 74.9 Å². The van der Waals surface area contributed by atoms with Gasteiger partial charge in [-0.3, -0.25) is 0 Å². The van der Waals surface area contributed by atoms with E-state index >= 15 is 0 Å². The van der Waals surface area contributed by atoms with E-state index in [9.17, 15) is 9.59 Å². The summed E-state index contributed by atoms with van der Waals surface area (Å²) >= 11 is 12.1. The third-order valence-electron chi connectivity index (χ3n) is 4.28. The van der Waals surface area contributed by atoms with Crippen LogP contribution in [-0.4, -0.2) is 19.1 Å². The van der Waals surface area contributed by atoms with E-state index in [1.807, 2.05) is 0 Å². The van der Waals surface area contributed by atoms with E-state index in [0.717, 1.165) is 5.56 Å². The molecular formula is C20H18Cl2N2O4. The minimum Gasteiger partial charge on any atom is -0.489 e. The molecule has 0 fully saturated rings. The van der Waals surface area contributed by atoms with Crippen LogP contribution in [0.15, 0.2) is 53.7 Å². The maximum absolute atomic E-state index is 12.2. The van der Waals surface area contributed by atoms with Gasteiger partial charge in [0, 0.05) is 21.3 Å². The average molecular weight is 421 g/mol. The molecule has 0 spiro atoms. The van der Waals surface area contributed by atoms with Crippen molar-refractivity contribution in [3.63, 3.8) is 0 Å². The third-order valence-corrected chi connectivity index (χ3v) is 4.86. The van der Waals surface area contributed by atoms with Gasteiger partial charge in [0.1, 0.15) is 12.4 Å². The topological polar surface area (TPSA) is 76.7 Å². The molecule has 1 atom stereocenters. The van der Waals surface area contributed by atoms with Crippen molar-refractivity contribution in [1.82, 2.24) is 10.6 Å². The molecule has 0 radical (unpaired) electrons. The van der Waals surface area contributed by atoms with Crippen LogP contribution in [0.1, 0.15) is 24.1 Å². The smallest absolute Gasteiger partial charge is 0.337 e. The molecule has 0 aliphatic carbocycles. The highest BCUT2D eigenvalue weighted by molar-refractivity contribution is 6.35. The van der Waals surface area contributed by atoms with Crippen molar-refractivity contribution >= 4 is 35.2 Å². The van der Waals surface area contributed by atoms with Gasteiger partial charge >= 0.3 is 12.0 Å². The highest BCUT2D eigenvalue weighted by Crippen LogP contribution is 2.30. The van der Waals surface area contributed by atoms with E-state index in [2.05, 4.69) is 10.6 Å². The summed E-state index contributed by atoms with van der Waals surface area (Å²) in [6, 6.07) is 11.3. The van der Waals surface area contributed by atoms with Crippen LogP contribution >= 0.6 is 23.2 Å². The van der Waals surface area contributed by atoms with Crippen molar-refractivity contribution in [1.29, 1.82) is 0 Å². The van der Waals surface area contributed by atoms with E-state index in [1.54, 1.807) is 49.4 Å². The van der Waals surface area contributed by atoms with Crippen LogP contribution in [0.2, 0.25) is 10.0 Å². The Bertz CT molecular complexity index is 959. The number of amides is 2. The second kappa shape index (κ2) is 8.54. The summed E-state index contributed by atoms with van der Waals surface area (Å²) in [5.41, 5.74) is 2.26. The number of esters is 1. The number of methoxy groups -OCH3 is 1. The maximum atomic E-state index is 12.2. The zero-order chi connectivity index (χ0) is 20.3. The largest absolute Gasteiger partial charge is 0.489 e. The summed E-state index contributed by atoms with van der Waals surface area (Å²) in [6.07, 6.45) is 0. The molecule has 1 unspecified atom stereocenters. The molecule has 6 nitrogen and oxygen atoms in total. The van der Waals surface area contributed by atoms with Crippen molar-refractivity contribution < 1.29 is 19.1 Å². The van der Waals surface area contributed by atoms with E-state index < -0.39 is 18.0 Å². The Hall–Kier alpha value is -2.70. The molecule has 2 aromatic carbocycles. The lowest BCUT2D eigenvalue weighted by Gasteiger charge is -2.28.